The molecule has 0 bridgehead atoms. The first-order chi connectivity index (χ1) is 8.58. The van der Waals surface area contributed by atoms with Crippen molar-refractivity contribution in [1.82, 2.24) is 15.2 Å². The van der Waals surface area contributed by atoms with Gasteiger partial charge in [0.2, 0.25) is 0 Å². The highest BCUT2D eigenvalue weighted by atomic mass is 16.5. The van der Waals surface area contributed by atoms with E-state index < -0.39 is 0 Å². The lowest BCUT2D eigenvalue weighted by molar-refractivity contribution is -0.131. The molecule has 1 amide bonds. The maximum absolute atomic E-state index is 11.6. The second kappa shape index (κ2) is 6.96. The molecule has 1 heterocycles. The van der Waals surface area contributed by atoms with Crippen molar-refractivity contribution in [1.29, 1.82) is 0 Å². The maximum atomic E-state index is 11.6. The summed E-state index contributed by atoms with van der Waals surface area (Å²) >= 11 is 0. The molecule has 0 atom stereocenters. The molecule has 1 aromatic rings. The Hall–Kier alpha value is -1.62. The molecule has 0 aromatic carbocycles. The third-order valence-electron chi connectivity index (χ3n) is 2.67. The molecule has 0 unspecified atom stereocenters. The van der Waals surface area contributed by atoms with E-state index in [2.05, 4.69) is 10.3 Å². The fraction of sp³-hybridized carbons (Fsp3) is 0.538. The number of hydrogen-bond acceptors (Lipinski definition) is 4. The van der Waals surface area contributed by atoms with Gasteiger partial charge in [-0.15, -0.1) is 0 Å². The van der Waals surface area contributed by atoms with Crippen molar-refractivity contribution >= 4 is 5.91 Å². The van der Waals surface area contributed by atoms with Crippen LogP contribution in [0.4, 0.5) is 0 Å². The minimum Gasteiger partial charge on any atom is -0.482 e. The van der Waals surface area contributed by atoms with Crippen LogP contribution < -0.4 is 10.1 Å². The number of likely N-dealkylation sites (N-methyl/N-ethyl adjacent to an activating group) is 1. The van der Waals surface area contributed by atoms with Crippen LogP contribution in [0.5, 0.6) is 5.75 Å². The van der Waals surface area contributed by atoms with Gasteiger partial charge in [0.15, 0.2) is 6.61 Å². The number of aromatic nitrogens is 1. The molecule has 5 nitrogen and oxygen atoms in total. The summed E-state index contributed by atoms with van der Waals surface area (Å²) in [4.78, 5) is 17.7. The Bertz CT molecular complexity index is 407. The number of carbonyl (C=O) groups is 1. The van der Waals surface area contributed by atoms with Crippen molar-refractivity contribution in [3.05, 3.63) is 23.5 Å². The first-order valence-corrected chi connectivity index (χ1v) is 6.06. The van der Waals surface area contributed by atoms with Gasteiger partial charge in [-0.05, 0) is 33.0 Å². The number of rotatable bonds is 6. The Morgan fingerprint density at radius 1 is 1.50 bits per heavy atom. The van der Waals surface area contributed by atoms with E-state index in [1.54, 1.807) is 11.9 Å². The SMILES string of the molecule is CCN(C)C(=O)COc1ccc(C)nc1CNC. The van der Waals surface area contributed by atoms with Crippen LogP contribution in [0.25, 0.3) is 0 Å². The molecule has 1 aromatic heterocycles. The summed E-state index contributed by atoms with van der Waals surface area (Å²) in [7, 11) is 3.61. The molecule has 0 radical (unpaired) electrons. The topological polar surface area (TPSA) is 54.5 Å². The smallest absolute Gasteiger partial charge is 0.260 e. The first kappa shape index (κ1) is 14.4. The van der Waals surface area contributed by atoms with Crippen molar-refractivity contribution in [2.24, 2.45) is 0 Å². The van der Waals surface area contributed by atoms with Crippen molar-refractivity contribution < 1.29 is 9.53 Å². The fourth-order valence-electron chi connectivity index (χ4n) is 1.45. The lowest BCUT2D eigenvalue weighted by atomic mass is 10.3. The maximum Gasteiger partial charge on any atom is 0.260 e. The van der Waals surface area contributed by atoms with Gasteiger partial charge in [0.25, 0.3) is 5.91 Å². The third-order valence-corrected chi connectivity index (χ3v) is 2.67. The third kappa shape index (κ3) is 4.00. The zero-order chi connectivity index (χ0) is 13.5. The van der Waals surface area contributed by atoms with Gasteiger partial charge in [-0.2, -0.15) is 0 Å². The molecule has 0 saturated carbocycles. The van der Waals surface area contributed by atoms with Crippen LogP contribution in [-0.2, 0) is 11.3 Å². The predicted octanol–water partition coefficient (Wildman–Crippen LogP) is 0.967. The van der Waals surface area contributed by atoms with E-state index in [1.807, 2.05) is 33.0 Å². The van der Waals surface area contributed by atoms with Gasteiger partial charge in [-0.3, -0.25) is 9.78 Å². The molecule has 5 heteroatoms. The molecule has 1 N–H and O–H groups in total. The van der Waals surface area contributed by atoms with Crippen molar-refractivity contribution in [2.75, 3.05) is 27.2 Å². The summed E-state index contributed by atoms with van der Waals surface area (Å²) in [5.74, 6) is 0.626. The Morgan fingerprint density at radius 3 is 2.83 bits per heavy atom. The molecule has 0 aliphatic heterocycles. The molecule has 0 aliphatic rings. The summed E-state index contributed by atoms with van der Waals surface area (Å²) in [6.07, 6.45) is 0. The van der Waals surface area contributed by atoms with E-state index in [4.69, 9.17) is 4.74 Å². The summed E-state index contributed by atoms with van der Waals surface area (Å²) in [5.41, 5.74) is 1.76. The molecule has 100 valence electrons. The Morgan fingerprint density at radius 2 is 2.22 bits per heavy atom. The standard InChI is InChI=1S/C13H21N3O2/c1-5-16(4)13(17)9-18-12-7-6-10(2)15-11(12)8-14-3/h6-7,14H,5,8-9H2,1-4H3. The molecular formula is C13H21N3O2. The summed E-state index contributed by atoms with van der Waals surface area (Å²) in [5, 5.41) is 3.04. The van der Waals surface area contributed by atoms with E-state index in [9.17, 15) is 4.79 Å². The molecule has 0 aliphatic carbocycles. The minimum atomic E-state index is -0.0338. The van der Waals surface area contributed by atoms with Crippen LogP contribution in [-0.4, -0.2) is 43.0 Å². The van der Waals surface area contributed by atoms with Gasteiger partial charge < -0.3 is 15.0 Å². The van der Waals surface area contributed by atoms with Crippen LogP contribution in [0, 0.1) is 6.92 Å². The quantitative estimate of drug-likeness (QED) is 0.818. The molecule has 1 rings (SSSR count). The Kier molecular flexibility index (Phi) is 5.58. The van der Waals surface area contributed by atoms with E-state index in [0.717, 1.165) is 11.4 Å². The van der Waals surface area contributed by atoms with Crippen LogP contribution in [0.15, 0.2) is 12.1 Å². The van der Waals surface area contributed by atoms with E-state index in [0.29, 0.717) is 18.8 Å². The van der Waals surface area contributed by atoms with Gasteiger partial charge in [-0.1, -0.05) is 0 Å². The molecule has 18 heavy (non-hydrogen) atoms. The average molecular weight is 251 g/mol. The van der Waals surface area contributed by atoms with Gasteiger partial charge in [-0.25, -0.2) is 0 Å². The summed E-state index contributed by atoms with van der Waals surface area (Å²) < 4.78 is 5.54. The van der Waals surface area contributed by atoms with Crippen LogP contribution in [0.2, 0.25) is 0 Å². The highest BCUT2D eigenvalue weighted by molar-refractivity contribution is 5.77. The number of nitrogens with one attached hydrogen (secondary N) is 1. The van der Waals surface area contributed by atoms with E-state index in [1.165, 1.54) is 0 Å². The lowest BCUT2D eigenvalue weighted by Crippen LogP contribution is -2.31. The van der Waals surface area contributed by atoms with Gasteiger partial charge in [0, 0.05) is 25.8 Å². The largest absolute Gasteiger partial charge is 0.482 e. The highest BCUT2D eigenvalue weighted by Crippen LogP contribution is 2.16. The van der Waals surface area contributed by atoms with Crippen molar-refractivity contribution in [3.8, 4) is 5.75 Å². The number of carbonyl (C=O) groups excluding carboxylic acids is 1. The molecule has 0 fully saturated rings. The van der Waals surface area contributed by atoms with Crippen LogP contribution in [0.3, 0.4) is 0 Å². The van der Waals surface area contributed by atoms with E-state index >= 15 is 0 Å². The summed E-state index contributed by atoms with van der Waals surface area (Å²) in [6.45, 7) is 5.20. The van der Waals surface area contributed by atoms with Crippen LogP contribution >= 0.6 is 0 Å². The molecule has 0 saturated heterocycles. The second-order valence-electron chi connectivity index (χ2n) is 4.12. The second-order valence-corrected chi connectivity index (χ2v) is 4.12. The fourth-order valence-corrected chi connectivity index (χ4v) is 1.45. The molecule has 0 spiro atoms. The van der Waals surface area contributed by atoms with Gasteiger partial charge >= 0.3 is 0 Å². The van der Waals surface area contributed by atoms with Gasteiger partial charge in [0.05, 0.1) is 5.69 Å². The predicted molar refractivity (Wildman–Crippen MR) is 70.5 cm³/mol. The Balaban J connectivity index is 2.69. The zero-order valence-corrected chi connectivity index (χ0v) is 11.5. The van der Waals surface area contributed by atoms with Crippen molar-refractivity contribution in [2.45, 2.75) is 20.4 Å². The monoisotopic (exact) mass is 251 g/mol. The van der Waals surface area contributed by atoms with Crippen LogP contribution in [0.1, 0.15) is 18.3 Å². The van der Waals surface area contributed by atoms with E-state index in [-0.39, 0.29) is 12.5 Å². The van der Waals surface area contributed by atoms with Crippen molar-refractivity contribution in [3.63, 3.8) is 0 Å². The summed E-state index contributed by atoms with van der Waals surface area (Å²) in [6, 6.07) is 3.73. The number of nitrogens with zero attached hydrogens (tertiary/aromatic N) is 2. The number of hydrogen-bond donors (Lipinski definition) is 1. The zero-order valence-electron chi connectivity index (χ0n) is 11.5. The first-order valence-electron chi connectivity index (χ1n) is 6.06. The number of aryl methyl sites for hydroxylation is 1. The average Bonchev–Trinajstić information content (AvgIpc) is 2.37. The highest BCUT2D eigenvalue weighted by Gasteiger charge is 2.10. The molecular weight excluding hydrogens is 230 g/mol. The van der Waals surface area contributed by atoms with Gasteiger partial charge in [0.1, 0.15) is 5.75 Å². The Labute approximate surface area is 108 Å². The number of pyridine rings is 1. The normalized spacial score (nSPS) is 10.2. The minimum absolute atomic E-state index is 0.0338. The number of ether oxygens (including phenoxy) is 1. The lowest BCUT2D eigenvalue weighted by Gasteiger charge is -2.16. The number of amides is 1.